The van der Waals surface area contributed by atoms with Crippen molar-refractivity contribution in [3.8, 4) is 0 Å². The molecule has 0 rings (SSSR count). The molecular weight excluding hydrogens is 140 g/mol. The first-order chi connectivity index (χ1) is 5.20. The van der Waals surface area contributed by atoms with Crippen LogP contribution in [0.2, 0.25) is 0 Å². The number of rotatable bonds is 4. The monoisotopic (exact) mass is 158 g/mol. The molecule has 0 saturated heterocycles. The van der Waals surface area contributed by atoms with E-state index in [9.17, 15) is 0 Å². The minimum atomic E-state index is 0.399. The Morgan fingerprint density at radius 1 is 1.64 bits per heavy atom. The molecule has 0 aromatic rings. The molecule has 11 heavy (non-hydrogen) atoms. The van der Waals surface area contributed by atoms with Crippen LogP contribution in [0.25, 0.3) is 0 Å². The van der Waals surface area contributed by atoms with Crippen LogP contribution in [0.1, 0.15) is 20.3 Å². The summed E-state index contributed by atoms with van der Waals surface area (Å²) in [6.07, 6.45) is 1.05. The van der Waals surface area contributed by atoms with Gasteiger partial charge in [-0.05, 0) is 20.4 Å². The van der Waals surface area contributed by atoms with Gasteiger partial charge in [0.2, 0.25) is 0 Å². The second kappa shape index (κ2) is 5.97. The van der Waals surface area contributed by atoms with E-state index in [1.54, 1.807) is 0 Å². The van der Waals surface area contributed by atoms with Crippen molar-refractivity contribution in [3.05, 3.63) is 0 Å². The summed E-state index contributed by atoms with van der Waals surface area (Å²) >= 11 is 0. The number of hydrogen-bond acceptors (Lipinski definition) is 2. The van der Waals surface area contributed by atoms with E-state index in [2.05, 4.69) is 29.5 Å². The van der Waals surface area contributed by atoms with Gasteiger partial charge in [-0.15, -0.1) is 0 Å². The third-order valence-corrected chi connectivity index (χ3v) is 1.41. The molecule has 1 unspecified atom stereocenters. The molecule has 4 heteroatoms. The van der Waals surface area contributed by atoms with Gasteiger partial charge in [0, 0.05) is 6.04 Å². The third kappa shape index (κ3) is 5.66. The molecule has 0 spiro atoms. The fourth-order valence-corrected chi connectivity index (χ4v) is 0.564. The van der Waals surface area contributed by atoms with E-state index < -0.39 is 0 Å². The van der Waals surface area contributed by atoms with Gasteiger partial charge in [-0.2, -0.15) is 0 Å². The lowest BCUT2D eigenvalue weighted by Gasteiger charge is -2.11. The zero-order valence-corrected chi connectivity index (χ0v) is 7.52. The minimum absolute atomic E-state index is 0.399. The molecule has 0 aliphatic carbocycles. The lowest BCUT2D eigenvalue weighted by molar-refractivity contribution is 0.635. The van der Waals surface area contributed by atoms with Crippen LogP contribution in [0.4, 0.5) is 0 Å². The standard InChI is InChI=1S/C7H18N4/c1-4-6(2)11-7(8)10-5-9-3/h6,9H,4-5H2,1-3H3,(H3,8,10,11). The van der Waals surface area contributed by atoms with E-state index in [0.717, 1.165) is 6.42 Å². The number of guanidine groups is 1. The molecule has 0 aliphatic rings. The van der Waals surface area contributed by atoms with Gasteiger partial charge in [0.1, 0.15) is 0 Å². The Balaban J connectivity index is 3.57. The second-order valence-corrected chi connectivity index (χ2v) is 2.51. The smallest absolute Gasteiger partial charge is 0.190 e. The molecule has 0 amide bonds. The fraction of sp³-hybridized carbons (Fsp3) is 0.857. The molecule has 0 fully saturated rings. The van der Waals surface area contributed by atoms with Crippen molar-refractivity contribution in [2.75, 3.05) is 13.7 Å². The van der Waals surface area contributed by atoms with Crippen molar-refractivity contribution in [3.63, 3.8) is 0 Å². The number of nitrogens with zero attached hydrogens (tertiary/aromatic N) is 1. The first-order valence-electron chi connectivity index (χ1n) is 3.91. The maximum absolute atomic E-state index is 5.54. The Morgan fingerprint density at radius 2 is 2.27 bits per heavy atom. The minimum Gasteiger partial charge on any atom is -0.370 e. The summed E-state index contributed by atoms with van der Waals surface area (Å²) in [7, 11) is 1.83. The van der Waals surface area contributed by atoms with E-state index in [1.807, 2.05) is 7.05 Å². The van der Waals surface area contributed by atoms with Gasteiger partial charge in [-0.3, -0.25) is 0 Å². The molecule has 0 aliphatic heterocycles. The van der Waals surface area contributed by atoms with Crippen LogP contribution in [-0.4, -0.2) is 25.7 Å². The Bertz CT molecular complexity index is 122. The summed E-state index contributed by atoms with van der Waals surface area (Å²) in [5.41, 5.74) is 5.54. The number of hydrogen-bond donors (Lipinski definition) is 3. The van der Waals surface area contributed by atoms with E-state index in [4.69, 9.17) is 5.73 Å². The molecular formula is C7H18N4. The highest BCUT2D eigenvalue weighted by Crippen LogP contribution is 1.85. The van der Waals surface area contributed by atoms with Crippen molar-refractivity contribution < 1.29 is 0 Å². The van der Waals surface area contributed by atoms with E-state index in [0.29, 0.717) is 18.7 Å². The van der Waals surface area contributed by atoms with Crippen molar-refractivity contribution in [2.24, 2.45) is 10.7 Å². The van der Waals surface area contributed by atoms with Crippen molar-refractivity contribution >= 4 is 5.96 Å². The van der Waals surface area contributed by atoms with Crippen LogP contribution in [0, 0.1) is 0 Å². The van der Waals surface area contributed by atoms with Crippen molar-refractivity contribution in [2.45, 2.75) is 26.3 Å². The van der Waals surface area contributed by atoms with Crippen molar-refractivity contribution in [1.29, 1.82) is 0 Å². The molecule has 0 aromatic carbocycles. The Kier molecular flexibility index (Phi) is 5.56. The Hall–Kier alpha value is -0.770. The summed E-state index contributed by atoms with van der Waals surface area (Å²) in [4.78, 5) is 4.00. The van der Waals surface area contributed by atoms with Crippen LogP contribution in [0.15, 0.2) is 4.99 Å². The van der Waals surface area contributed by atoms with E-state index in [1.165, 1.54) is 0 Å². The molecule has 0 saturated carbocycles. The number of aliphatic imine (C=N–C) groups is 1. The first-order valence-corrected chi connectivity index (χ1v) is 3.91. The molecule has 0 radical (unpaired) electrons. The summed E-state index contributed by atoms with van der Waals surface area (Å²) in [6.45, 7) is 4.74. The van der Waals surface area contributed by atoms with Crippen molar-refractivity contribution in [1.82, 2.24) is 10.6 Å². The third-order valence-electron chi connectivity index (χ3n) is 1.41. The van der Waals surface area contributed by atoms with Gasteiger partial charge in [0.25, 0.3) is 0 Å². The quantitative estimate of drug-likeness (QED) is 0.394. The molecule has 66 valence electrons. The highest BCUT2D eigenvalue weighted by atomic mass is 15.1. The summed E-state index contributed by atoms with van der Waals surface area (Å²) < 4.78 is 0. The van der Waals surface area contributed by atoms with Gasteiger partial charge in [-0.1, -0.05) is 6.92 Å². The molecule has 0 heterocycles. The first kappa shape index (κ1) is 10.2. The molecule has 1 atom stereocenters. The van der Waals surface area contributed by atoms with Crippen LogP contribution in [-0.2, 0) is 0 Å². The maximum atomic E-state index is 5.54. The van der Waals surface area contributed by atoms with Gasteiger partial charge >= 0.3 is 0 Å². The predicted octanol–water partition coefficient (Wildman–Crippen LogP) is -0.134. The lowest BCUT2D eigenvalue weighted by atomic mass is 10.3. The topological polar surface area (TPSA) is 62.4 Å². The fourth-order valence-electron chi connectivity index (χ4n) is 0.564. The van der Waals surface area contributed by atoms with Crippen LogP contribution in [0.5, 0.6) is 0 Å². The Morgan fingerprint density at radius 3 is 2.73 bits per heavy atom. The van der Waals surface area contributed by atoms with E-state index in [-0.39, 0.29) is 0 Å². The average molecular weight is 158 g/mol. The van der Waals surface area contributed by atoms with Gasteiger partial charge in [0.05, 0.1) is 6.67 Å². The second-order valence-electron chi connectivity index (χ2n) is 2.51. The summed E-state index contributed by atoms with van der Waals surface area (Å²) in [5.74, 6) is 0.508. The molecule has 0 aromatic heterocycles. The predicted molar refractivity (Wildman–Crippen MR) is 48.4 cm³/mol. The zero-order chi connectivity index (χ0) is 8.69. The van der Waals surface area contributed by atoms with Crippen LogP contribution in [0.3, 0.4) is 0 Å². The Labute approximate surface area is 68.3 Å². The summed E-state index contributed by atoms with van der Waals surface area (Å²) in [5, 5.41) is 5.93. The zero-order valence-electron chi connectivity index (χ0n) is 7.52. The highest BCUT2D eigenvalue weighted by Gasteiger charge is 1.96. The SMILES string of the molecule is CCC(C)NC(N)=NCNC. The van der Waals surface area contributed by atoms with E-state index >= 15 is 0 Å². The van der Waals surface area contributed by atoms with Gasteiger partial charge in [-0.25, -0.2) is 4.99 Å². The number of nitrogens with one attached hydrogen (secondary N) is 2. The largest absolute Gasteiger partial charge is 0.370 e. The normalized spacial score (nSPS) is 14.6. The molecule has 4 nitrogen and oxygen atoms in total. The van der Waals surface area contributed by atoms with Crippen LogP contribution < -0.4 is 16.4 Å². The van der Waals surface area contributed by atoms with Crippen LogP contribution >= 0.6 is 0 Å². The molecule has 0 bridgehead atoms. The lowest BCUT2D eigenvalue weighted by Crippen LogP contribution is -2.38. The van der Waals surface area contributed by atoms with Gasteiger partial charge < -0.3 is 16.4 Å². The highest BCUT2D eigenvalue weighted by molar-refractivity contribution is 5.78. The molecule has 4 N–H and O–H groups in total. The average Bonchev–Trinajstić information content (AvgIpc) is 2.00. The summed E-state index contributed by atoms with van der Waals surface area (Å²) in [6, 6.07) is 0.399. The van der Waals surface area contributed by atoms with Gasteiger partial charge in [0.15, 0.2) is 5.96 Å². The number of nitrogens with two attached hydrogens (primary N) is 1. The maximum Gasteiger partial charge on any atom is 0.190 e.